The predicted octanol–water partition coefficient (Wildman–Crippen LogP) is 1.58. The molecule has 3 rings (SSSR count). The molecule has 146 valence electrons. The molecule has 1 N–H and O–H groups in total. The zero-order chi connectivity index (χ0) is 21.0. The van der Waals surface area contributed by atoms with Crippen LogP contribution in [0.5, 0.6) is 0 Å². The van der Waals surface area contributed by atoms with Crippen molar-refractivity contribution in [1.29, 1.82) is 0 Å². The maximum Gasteiger partial charge on any atom is 0.338 e. The largest absolute Gasteiger partial charge is 0.452 e. The van der Waals surface area contributed by atoms with Crippen molar-refractivity contribution in [3.8, 4) is 0 Å². The number of nitrogens with one attached hydrogen (secondary N) is 1. The van der Waals surface area contributed by atoms with Gasteiger partial charge in [-0.1, -0.05) is 24.3 Å². The molecule has 0 radical (unpaired) electrons. The highest BCUT2D eigenvalue weighted by Crippen LogP contribution is 2.24. The second-order valence-electron chi connectivity index (χ2n) is 6.09. The van der Waals surface area contributed by atoms with Gasteiger partial charge in [0.2, 0.25) is 0 Å². The number of carbonyl (C=O) groups excluding carboxylic acids is 5. The van der Waals surface area contributed by atoms with E-state index < -0.39 is 36.2 Å². The summed E-state index contributed by atoms with van der Waals surface area (Å²) >= 11 is 0. The molecule has 2 aromatic rings. The van der Waals surface area contributed by atoms with Crippen LogP contribution in [0.3, 0.4) is 0 Å². The van der Waals surface area contributed by atoms with Crippen LogP contribution in [0.15, 0.2) is 61.2 Å². The molecule has 0 saturated heterocycles. The molecule has 0 aliphatic carbocycles. The number of amides is 4. The van der Waals surface area contributed by atoms with Crippen molar-refractivity contribution in [2.45, 2.75) is 0 Å². The van der Waals surface area contributed by atoms with E-state index in [0.29, 0.717) is 0 Å². The number of hydrogen-bond acceptors (Lipinski definition) is 6. The monoisotopic (exact) mass is 392 g/mol. The number of ether oxygens (including phenoxy) is 1. The van der Waals surface area contributed by atoms with Crippen LogP contribution in [0.4, 0.5) is 0 Å². The van der Waals surface area contributed by atoms with Gasteiger partial charge in [0.25, 0.3) is 23.6 Å². The Hall–Kier alpha value is -4.07. The van der Waals surface area contributed by atoms with Gasteiger partial charge in [-0.15, -0.1) is 6.58 Å². The van der Waals surface area contributed by atoms with Crippen LogP contribution in [0.1, 0.15) is 41.4 Å². The number of fused-ring (bicyclic) bond motifs is 1. The van der Waals surface area contributed by atoms with Gasteiger partial charge < -0.3 is 4.74 Å². The molecule has 1 aliphatic rings. The van der Waals surface area contributed by atoms with Crippen molar-refractivity contribution in [1.82, 2.24) is 10.2 Å². The summed E-state index contributed by atoms with van der Waals surface area (Å²) in [5.41, 5.74) is 0.556. The van der Waals surface area contributed by atoms with Crippen molar-refractivity contribution >= 4 is 29.6 Å². The summed E-state index contributed by atoms with van der Waals surface area (Å²) in [6.07, 6.45) is 1.42. The fourth-order valence-corrected chi connectivity index (χ4v) is 2.75. The molecule has 0 saturated carbocycles. The minimum atomic E-state index is -0.863. The summed E-state index contributed by atoms with van der Waals surface area (Å²) in [4.78, 5) is 61.4. The number of hydrogen-bond donors (Lipinski definition) is 1. The van der Waals surface area contributed by atoms with Gasteiger partial charge in [-0.05, 0) is 30.3 Å². The van der Waals surface area contributed by atoms with E-state index in [9.17, 15) is 24.0 Å². The van der Waals surface area contributed by atoms with E-state index in [1.807, 2.05) is 0 Å². The average Bonchev–Trinajstić information content (AvgIpc) is 2.97. The van der Waals surface area contributed by atoms with Crippen LogP contribution in [0.25, 0.3) is 0 Å². The summed E-state index contributed by atoms with van der Waals surface area (Å²) in [5.74, 6) is -3.28. The van der Waals surface area contributed by atoms with Crippen molar-refractivity contribution in [3.05, 3.63) is 83.4 Å². The number of carbonyl (C=O) groups is 5. The van der Waals surface area contributed by atoms with Gasteiger partial charge in [0.15, 0.2) is 6.61 Å². The smallest absolute Gasteiger partial charge is 0.338 e. The summed E-state index contributed by atoms with van der Waals surface area (Å²) < 4.78 is 4.89. The SMILES string of the molecule is C=CCN1C(=O)c2ccc(C(=O)OCC(=O)NC(=O)c3ccccc3)cc2C1=O. The van der Waals surface area contributed by atoms with Crippen LogP contribution in [0.2, 0.25) is 0 Å². The minimum absolute atomic E-state index is 0.00698. The molecule has 0 bridgehead atoms. The quantitative estimate of drug-likeness (QED) is 0.454. The standard InChI is InChI=1S/C21H16N2O6/c1-2-10-23-19(26)15-9-8-14(11-16(15)20(23)27)21(28)29-12-17(24)22-18(25)13-6-4-3-5-7-13/h2-9,11H,1,10,12H2,(H,22,24,25). The normalized spacial score (nSPS) is 12.3. The van der Waals surface area contributed by atoms with Gasteiger partial charge in [-0.2, -0.15) is 0 Å². The third-order valence-electron chi connectivity index (χ3n) is 4.14. The Morgan fingerprint density at radius 3 is 2.34 bits per heavy atom. The van der Waals surface area contributed by atoms with Crippen molar-refractivity contribution < 1.29 is 28.7 Å². The van der Waals surface area contributed by atoms with Crippen LogP contribution >= 0.6 is 0 Å². The van der Waals surface area contributed by atoms with E-state index in [1.54, 1.807) is 18.2 Å². The molecule has 1 aliphatic heterocycles. The first-order chi connectivity index (χ1) is 13.9. The first-order valence-corrected chi connectivity index (χ1v) is 8.60. The number of imide groups is 2. The number of rotatable bonds is 6. The summed E-state index contributed by atoms with van der Waals surface area (Å²) in [6, 6.07) is 12.0. The fourth-order valence-electron chi connectivity index (χ4n) is 2.75. The second-order valence-corrected chi connectivity index (χ2v) is 6.09. The molecule has 29 heavy (non-hydrogen) atoms. The molecule has 0 fully saturated rings. The Morgan fingerprint density at radius 1 is 0.966 bits per heavy atom. The van der Waals surface area contributed by atoms with E-state index in [0.717, 1.165) is 4.90 Å². The van der Waals surface area contributed by atoms with Crippen LogP contribution in [0, 0.1) is 0 Å². The molecule has 8 heteroatoms. The van der Waals surface area contributed by atoms with Crippen LogP contribution < -0.4 is 5.32 Å². The molecular formula is C21H16N2O6. The lowest BCUT2D eigenvalue weighted by Crippen LogP contribution is -2.34. The fraction of sp³-hybridized carbons (Fsp3) is 0.0952. The molecule has 2 aromatic carbocycles. The second kappa shape index (κ2) is 8.30. The van der Waals surface area contributed by atoms with E-state index in [4.69, 9.17) is 4.74 Å². The zero-order valence-electron chi connectivity index (χ0n) is 15.2. The van der Waals surface area contributed by atoms with Crippen LogP contribution in [-0.2, 0) is 9.53 Å². The number of nitrogens with zero attached hydrogens (tertiary/aromatic N) is 1. The summed E-state index contributed by atoms with van der Waals surface area (Å²) in [6.45, 7) is 2.88. The van der Waals surface area contributed by atoms with E-state index >= 15 is 0 Å². The van der Waals surface area contributed by atoms with Gasteiger partial charge in [0.1, 0.15) is 0 Å². The highest BCUT2D eigenvalue weighted by molar-refractivity contribution is 6.22. The highest BCUT2D eigenvalue weighted by Gasteiger charge is 2.35. The van der Waals surface area contributed by atoms with E-state index in [2.05, 4.69) is 11.9 Å². The Morgan fingerprint density at radius 2 is 1.66 bits per heavy atom. The number of benzene rings is 2. The zero-order valence-corrected chi connectivity index (χ0v) is 15.2. The first kappa shape index (κ1) is 19.7. The molecule has 0 aromatic heterocycles. The molecule has 0 atom stereocenters. The lowest BCUT2D eigenvalue weighted by Gasteiger charge is -2.09. The third kappa shape index (κ3) is 4.11. The Bertz CT molecular complexity index is 1030. The van der Waals surface area contributed by atoms with Gasteiger partial charge in [-0.3, -0.25) is 29.4 Å². The molecule has 1 heterocycles. The van der Waals surface area contributed by atoms with E-state index in [-0.39, 0.29) is 28.8 Å². The maximum absolute atomic E-state index is 12.3. The Labute approximate surface area is 165 Å². The predicted molar refractivity (Wildman–Crippen MR) is 101 cm³/mol. The highest BCUT2D eigenvalue weighted by atomic mass is 16.5. The van der Waals surface area contributed by atoms with Crippen molar-refractivity contribution in [3.63, 3.8) is 0 Å². The minimum Gasteiger partial charge on any atom is -0.452 e. The average molecular weight is 392 g/mol. The van der Waals surface area contributed by atoms with Crippen molar-refractivity contribution in [2.75, 3.05) is 13.2 Å². The molecule has 0 unspecified atom stereocenters. The third-order valence-corrected chi connectivity index (χ3v) is 4.14. The summed E-state index contributed by atoms with van der Waals surface area (Å²) in [5, 5.41) is 2.11. The van der Waals surface area contributed by atoms with Crippen LogP contribution in [-0.4, -0.2) is 47.6 Å². The Balaban J connectivity index is 1.62. The van der Waals surface area contributed by atoms with Gasteiger partial charge >= 0.3 is 5.97 Å². The lowest BCUT2D eigenvalue weighted by atomic mass is 10.1. The van der Waals surface area contributed by atoms with Gasteiger partial charge in [0, 0.05) is 12.1 Å². The number of esters is 1. The molecular weight excluding hydrogens is 376 g/mol. The summed E-state index contributed by atoms with van der Waals surface area (Å²) in [7, 11) is 0. The van der Waals surface area contributed by atoms with E-state index in [1.165, 1.54) is 36.4 Å². The molecule has 4 amide bonds. The Kier molecular flexibility index (Phi) is 5.64. The topological polar surface area (TPSA) is 110 Å². The van der Waals surface area contributed by atoms with Gasteiger partial charge in [-0.25, -0.2) is 4.79 Å². The van der Waals surface area contributed by atoms with Crippen molar-refractivity contribution in [2.24, 2.45) is 0 Å². The molecule has 8 nitrogen and oxygen atoms in total. The van der Waals surface area contributed by atoms with Gasteiger partial charge in [0.05, 0.1) is 16.7 Å². The lowest BCUT2D eigenvalue weighted by molar-refractivity contribution is -0.123. The maximum atomic E-state index is 12.3. The first-order valence-electron chi connectivity index (χ1n) is 8.60. The molecule has 0 spiro atoms.